The lowest BCUT2D eigenvalue weighted by Gasteiger charge is -2.24. The van der Waals surface area contributed by atoms with Crippen LogP contribution < -0.4 is 11.1 Å². The number of aliphatic hydroxyl groups excluding tert-OH is 1. The van der Waals surface area contributed by atoms with Crippen LogP contribution in [0.25, 0.3) is 0 Å². The molecule has 0 bridgehead atoms. The Morgan fingerprint density at radius 1 is 1.28 bits per heavy atom. The Hall–Kier alpha value is -1.55. The highest BCUT2D eigenvalue weighted by molar-refractivity contribution is 5.87. The highest BCUT2D eigenvalue weighted by atomic mass is 16.2. The second-order valence-electron chi connectivity index (χ2n) is 4.93. The van der Waals surface area contributed by atoms with Crippen molar-refractivity contribution in [3.8, 4) is 0 Å². The zero-order valence-corrected chi connectivity index (χ0v) is 11.1. The molecular formula is C14H22N2O2. The first-order valence-corrected chi connectivity index (χ1v) is 6.23. The lowest BCUT2D eigenvalue weighted by Crippen LogP contribution is -2.40. The first-order valence-electron chi connectivity index (χ1n) is 6.23. The van der Waals surface area contributed by atoms with Crippen molar-refractivity contribution in [3.05, 3.63) is 29.8 Å². The summed E-state index contributed by atoms with van der Waals surface area (Å²) in [6.07, 6.45) is 1.50. The first-order chi connectivity index (χ1) is 8.48. The number of nitrogens with one attached hydrogen (secondary N) is 1. The van der Waals surface area contributed by atoms with Crippen molar-refractivity contribution in [2.75, 3.05) is 18.9 Å². The summed E-state index contributed by atoms with van der Waals surface area (Å²) in [7, 11) is 0. The summed E-state index contributed by atoms with van der Waals surface area (Å²) in [5, 5.41) is 11.6. The summed E-state index contributed by atoms with van der Waals surface area (Å²) in [5.74, 6) is -0.00906. The number of hydrogen-bond acceptors (Lipinski definition) is 3. The molecule has 0 aromatic heterocycles. The van der Waals surface area contributed by atoms with Crippen molar-refractivity contribution in [3.63, 3.8) is 0 Å². The molecule has 0 unspecified atom stereocenters. The Labute approximate surface area is 108 Å². The van der Waals surface area contributed by atoms with E-state index in [0.717, 1.165) is 12.0 Å². The molecule has 100 valence electrons. The van der Waals surface area contributed by atoms with Crippen molar-refractivity contribution >= 4 is 11.6 Å². The molecule has 0 radical (unpaired) electrons. The molecule has 0 fully saturated rings. The highest BCUT2D eigenvalue weighted by Crippen LogP contribution is 2.24. The van der Waals surface area contributed by atoms with E-state index in [1.54, 1.807) is 12.1 Å². The SMILES string of the molecule is CC(C)(C(=O)NCCCCO)c1ccc(N)cc1. The average Bonchev–Trinajstić information content (AvgIpc) is 2.35. The van der Waals surface area contributed by atoms with E-state index in [1.807, 2.05) is 26.0 Å². The minimum atomic E-state index is -0.576. The molecule has 0 saturated carbocycles. The van der Waals surface area contributed by atoms with Gasteiger partial charge in [0.1, 0.15) is 0 Å². The minimum absolute atomic E-state index is 0.00906. The molecule has 0 spiro atoms. The maximum atomic E-state index is 12.1. The summed E-state index contributed by atoms with van der Waals surface area (Å²) >= 11 is 0. The predicted molar refractivity (Wildman–Crippen MR) is 73.2 cm³/mol. The van der Waals surface area contributed by atoms with Gasteiger partial charge in [-0.2, -0.15) is 0 Å². The van der Waals surface area contributed by atoms with Gasteiger partial charge < -0.3 is 16.2 Å². The Kier molecular flexibility index (Phi) is 5.16. The monoisotopic (exact) mass is 250 g/mol. The second kappa shape index (κ2) is 6.40. The minimum Gasteiger partial charge on any atom is -0.399 e. The molecule has 0 saturated heterocycles. The lowest BCUT2D eigenvalue weighted by atomic mass is 9.83. The number of amides is 1. The fourth-order valence-electron chi connectivity index (χ4n) is 1.69. The van der Waals surface area contributed by atoms with Crippen molar-refractivity contribution in [1.82, 2.24) is 5.32 Å². The first kappa shape index (κ1) is 14.5. The molecule has 4 N–H and O–H groups in total. The van der Waals surface area contributed by atoms with Crippen LogP contribution in [0.4, 0.5) is 5.69 Å². The van der Waals surface area contributed by atoms with Crippen LogP contribution in [-0.2, 0) is 10.2 Å². The van der Waals surface area contributed by atoms with Gasteiger partial charge in [-0.3, -0.25) is 4.79 Å². The van der Waals surface area contributed by atoms with Crippen LogP contribution in [-0.4, -0.2) is 24.2 Å². The predicted octanol–water partition coefficient (Wildman–Crippen LogP) is 1.44. The van der Waals surface area contributed by atoms with Crippen molar-refractivity contribution in [2.24, 2.45) is 0 Å². The molecule has 0 heterocycles. The number of nitrogen functional groups attached to an aromatic ring is 1. The number of anilines is 1. The number of unbranched alkanes of at least 4 members (excludes halogenated alkanes) is 1. The van der Waals surface area contributed by atoms with Crippen LogP contribution in [0, 0.1) is 0 Å². The summed E-state index contributed by atoms with van der Waals surface area (Å²) in [5.41, 5.74) is 6.69. The Balaban J connectivity index is 2.61. The fraction of sp³-hybridized carbons (Fsp3) is 0.500. The van der Waals surface area contributed by atoms with Gasteiger partial charge in [-0.1, -0.05) is 12.1 Å². The van der Waals surface area contributed by atoms with E-state index >= 15 is 0 Å². The summed E-state index contributed by atoms with van der Waals surface area (Å²) in [6.45, 7) is 4.54. The Bertz CT molecular complexity index is 385. The number of carbonyl (C=O) groups excluding carboxylic acids is 1. The number of aliphatic hydroxyl groups is 1. The highest BCUT2D eigenvalue weighted by Gasteiger charge is 2.29. The Morgan fingerprint density at radius 2 is 1.89 bits per heavy atom. The van der Waals surface area contributed by atoms with Gasteiger partial charge in [-0.25, -0.2) is 0 Å². The lowest BCUT2D eigenvalue weighted by molar-refractivity contribution is -0.125. The number of hydrogen-bond donors (Lipinski definition) is 3. The van der Waals surface area contributed by atoms with Crippen LogP contribution in [0.5, 0.6) is 0 Å². The smallest absolute Gasteiger partial charge is 0.230 e. The van der Waals surface area contributed by atoms with Crippen LogP contribution in [0.2, 0.25) is 0 Å². The number of benzene rings is 1. The maximum absolute atomic E-state index is 12.1. The molecule has 0 aliphatic rings. The van der Waals surface area contributed by atoms with E-state index in [-0.39, 0.29) is 12.5 Å². The molecule has 18 heavy (non-hydrogen) atoms. The van der Waals surface area contributed by atoms with Gasteiger partial charge in [-0.15, -0.1) is 0 Å². The molecule has 1 amide bonds. The van der Waals surface area contributed by atoms with Gasteiger partial charge >= 0.3 is 0 Å². The molecule has 4 nitrogen and oxygen atoms in total. The van der Waals surface area contributed by atoms with Gasteiger partial charge in [-0.05, 0) is 44.4 Å². The van der Waals surface area contributed by atoms with Gasteiger partial charge in [0, 0.05) is 18.8 Å². The maximum Gasteiger partial charge on any atom is 0.230 e. The van der Waals surface area contributed by atoms with Crippen molar-refractivity contribution in [2.45, 2.75) is 32.1 Å². The van der Waals surface area contributed by atoms with E-state index < -0.39 is 5.41 Å². The normalized spacial score (nSPS) is 11.3. The third-order valence-electron chi connectivity index (χ3n) is 3.07. The molecule has 1 rings (SSSR count). The molecule has 0 aliphatic heterocycles. The average molecular weight is 250 g/mol. The van der Waals surface area contributed by atoms with Gasteiger partial charge in [0.25, 0.3) is 0 Å². The second-order valence-corrected chi connectivity index (χ2v) is 4.93. The van der Waals surface area contributed by atoms with E-state index in [2.05, 4.69) is 5.32 Å². The quantitative estimate of drug-likeness (QED) is 0.528. The van der Waals surface area contributed by atoms with Crippen LogP contribution in [0.1, 0.15) is 32.3 Å². The zero-order valence-electron chi connectivity index (χ0n) is 11.1. The number of rotatable bonds is 6. The molecular weight excluding hydrogens is 228 g/mol. The van der Waals surface area contributed by atoms with Gasteiger partial charge in [0.2, 0.25) is 5.91 Å². The molecule has 1 aromatic rings. The van der Waals surface area contributed by atoms with Crippen molar-refractivity contribution < 1.29 is 9.90 Å². The molecule has 1 aromatic carbocycles. The summed E-state index contributed by atoms with van der Waals surface area (Å²) in [6, 6.07) is 7.36. The van der Waals surface area contributed by atoms with Crippen LogP contribution in [0.3, 0.4) is 0 Å². The van der Waals surface area contributed by atoms with E-state index in [1.165, 1.54) is 0 Å². The molecule has 0 aliphatic carbocycles. The zero-order chi connectivity index (χ0) is 13.6. The Morgan fingerprint density at radius 3 is 2.44 bits per heavy atom. The van der Waals surface area contributed by atoms with Crippen LogP contribution in [0.15, 0.2) is 24.3 Å². The topological polar surface area (TPSA) is 75.3 Å². The summed E-state index contributed by atoms with van der Waals surface area (Å²) < 4.78 is 0. The number of nitrogens with two attached hydrogens (primary N) is 1. The largest absolute Gasteiger partial charge is 0.399 e. The summed E-state index contributed by atoms with van der Waals surface area (Å²) in [4.78, 5) is 12.1. The van der Waals surface area contributed by atoms with E-state index in [0.29, 0.717) is 18.7 Å². The van der Waals surface area contributed by atoms with Gasteiger partial charge in [0.15, 0.2) is 0 Å². The van der Waals surface area contributed by atoms with E-state index in [9.17, 15) is 4.79 Å². The van der Waals surface area contributed by atoms with Gasteiger partial charge in [0.05, 0.1) is 5.41 Å². The third kappa shape index (κ3) is 3.74. The van der Waals surface area contributed by atoms with Crippen molar-refractivity contribution in [1.29, 1.82) is 0 Å². The third-order valence-corrected chi connectivity index (χ3v) is 3.07. The molecule has 4 heteroatoms. The standard InChI is InChI=1S/C14H22N2O2/c1-14(2,11-5-7-12(15)8-6-11)13(18)16-9-3-4-10-17/h5-8,17H,3-4,9-10,15H2,1-2H3,(H,16,18). The number of carbonyl (C=O) groups is 1. The fourth-order valence-corrected chi connectivity index (χ4v) is 1.69. The van der Waals surface area contributed by atoms with Crippen LogP contribution >= 0.6 is 0 Å². The van der Waals surface area contributed by atoms with E-state index in [4.69, 9.17) is 10.8 Å². The molecule has 0 atom stereocenters.